The average molecular weight is 186 g/mol. The van der Waals surface area contributed by atoms with E-state index in [0.29, 0.717) is 6.54 Å². The molecule has 0 aliphatic heterocycles. The highest BCUT2D eigenvalue weighted by Crippen LogP contribution is 2.12. The maximum atomic E-state index is 5.55. The van der Waals surface area contributed by atoms with Gasteiger partial charge in [-0.3, -0.25) is 0 Å². The SMILES string of the molecule is NCCc1cccn1-c1ccccc1. The smallest absolute Gasteiger partial charge is 0.0452 e. The molecule has 2 heteroatoms. The van der Waals surface area contributed by atoms with Crippen LogP contribution in [0.5, 0.6) is 0 Å². The lowest BCUT2D eigenvalue weighted by Crippen LogP contribution is -2.07. The molecular weight excluding hydrogens is 172 g/mol. The number of rotatable bonds is 3. The van der Waals surface area contributed by atoms with Crippen molar-refractivity contribution in [3.63, 3.8) is 0 Å². The third-order valence-corrected chi connectivity index (χ3v) is 2.27. The summed E-state index contributed by atoms with van der Waals surface area (Å²) in [6.07, 6.45) is 2.99. The molecule has 0 aliphatic carbocycles. The second kappa shape index (κ2) is 4.11. The molecule has 0 spiro atoms. The molecule has 1 aromatic heterocycles. The quantitative estimate of drug-likeness (QED) is 0.780. The molecule has 2 aromatic rings. The number of benzene rings is 1. The number of hydrogen-bond donors (Lipinski definition) is 1. The van der Waals surface area contributed by atoms with E-state index in [1.165, 1.54) is 11.4 Å². The zero-order valence-corrected chi connectivity index (χ0v) is 8.06. The van der Waals surface area contributed by atoms with E-state index in [4.69, 9.17) is 5.73 Å². The molecule has 0 aliphatic rings. The Labute approximate surface area is 84.0 Å². The van der Waals surface area contributed by atoms with Gasteiger partial charge in [-0.25, -0.2) is 0 Å². The van der Waals surface area contributed by atoms with Crippen LogP contribution in [0, 0.1) is 0 Å². The molecule has 14 heavy (non-hydrogen) atoms. The average Bonchev–Trinajstić information content (AvgIpc) is 2.68. The third-order valence-electron chi connectivity index (χ3n) is 2.27. The molecule has 2 N–H and O–H groups in total. The number of nitrogens with two attached hydrogens (primary N) is 1. The minimum absolute atomic E-state index is 0.691. The fourth-order valence-electron chi connectivity index (χ4n) is 1.61. The van der Waals surface area contributed by atoms with Crippen LogP contribution in [0.15, 0.2) is 48.7 Å². The van der Waals surface area contributed by atoms with E-state index in [2.05, 4.69) is 35.0 Å². The number of aromatic nitrogens is 1. The Bertz CT molecular complexity index is 390. The minimum atomic E-state index is 0.691. The van der Waals surface area contributed by atoms with Gasteiger partial charge in [-0.05, 0) is 30.8 Å². The van der Waals surface area contributed by atoms with Crippen molar-refractivity contribution < 1.29 is 0 Å². The molecule has 0 saturated heterocycles. The summed E-state index contributed by atoms with van der Waals surface area (Å²) < 4.78 is 2.17. The van der Waals surface area contributed by atoms with Crippen molar-refractivity contribution in [1.82, 2.24) is 4.57 Å². The first-order chi connectivity index (χ1) is 6.92. The Kier molecular flexibility index (Phi) is 2.65. The fraction of sp³-hybridized carbons (Fsp3) is 0.167. The highest BCUT2D eigenvalue weighted by Gasteiger charge is 2.00. The molecule has 2 nitrogen and oxygen atoms in total. The van der Waals surface area contributed by atoms with Crippen molar-refractivity contribution in [2.45, 2.75) is 6.42 Å². The normalized spacial score (nSPS) is 10.4. The van der Waals surface area contributed by atoms with E-state index in [-0.39, 0.29) is 0 Å². The van der Waals surface area contributed by atoms with Crippen LogP contribution >= 0.6 is 0 Å². The van der Waals surface area contributed by atoms with Crippen molar-refractivity contribution in [2.24, 2.45) is 5.73 Å². The third kappa shape index (κ3) is 1.70. The van der Waals surface area contributed by atoms with Gasteiger partial charge in [0.15, 0.2) is 0 Å². The molecule has 72 valence electrons. The molecule has 0 saturated carbocycles. The van der Waals surface area contributed by atoms with Crippen molar-refractivity contribution in [1.29, 1.82) is 0 Å². The Morgan fingerprint density at radius 1 is 1.00 bits per heavy atom. The summed E-state index contributed by atoms with van der Waals surface area (Å²) in [4.78, 5) is 0. The van der Waals surface area contributed by atoms with Crippen molar-refractivity contribution >= 4 is 0 Å². The minimum Gasteiger partial charge on any atom is -0.330 e. The maximum absolute atomic E-state index is 5.55. The summed E-state index contributed by atoms with van der Waals surface area (Å²) in [5, 5.41) is 0. The van der Waals surface area contributed by atoms with Gasteiger partial charge in [0.2, 0.25) is 0 Å². The zero-order valence-electron chi connectivity index (χ0n) is 8.06. The molecule has 1 heterocycles. The molecule has 0 bridgehead atoms. The van der Waals surface area contributed by atoms with Gasteiger partial charge in [-0.1, -0.05) is 18.2 Å². The number of para-hydroxylation sites is 1. The molecule has 1 aromatic carbocycles. The second-order valence-electron chi connectivity index (χ2n) is 3.24. The van der Waals surface area contributed by atoms with Crippen LogP contribution < -0.4 is 5.73 Å². The van der Waals surface area contributed by atoms with Crippen molar-refractivity contribution in [3.8, 4) is 5.69 Å². The van der Waals surface area contributed by atoms with Gasteiger partial charge in [0.25, 0.3) is 0 Å². The first kappa shape index (κ1) is 9.03. The predicted molar refractivity (Wildman–Crippen MR) is 58.5 cm³/mol. The monoisotopic (exact) mass is 186 g/mol. The van der Waals surface area contributed by atoms with Crippen LogP contribution in [0.4, 0.5) is 0 Å². The van der Waals surface area contributed by atoms with E-state index >= 15 is 0 Å². The van der Waals surface area contributed by atoms with Crippen molar-refractivity contribution in [3.05, 3.63) is 54.4 Å². The Morgan fingerprint density at radius 3 is 2.50 bits per heavy atom. The van der Waals surface area contributed by atoms with Crippen LogP contribution in [0.3, 0.4) is 0 Å². The maximum Gasteiger partial charge on any atom is 0.0452 e. The standard InChI is InChI=1S/C12H14N2/c13-9-8-12-7-4-10-14(12)11-5-2-1-3-6-11/h1-7,10H,8-9,13H2. The molecule has 2 rings (SSSR count). The van der Waals surface area contributed by atoms with Gasteiger partial charge in [0.1, 0.15) is 0 Å². The summed E-state index contributed by atoms with van der Waals surface area (Å²) in [6, 6.07) is 14.5. The van der Waals surface area contributed by atoms with Crippen LogP contribution in [0.1, 0.15) is 5.69 Å². The van der Waals surface area contributed by atoms with Gasteiger partial charge in [-0.15, -0.1) is 0 Å². The van der Waals surface area contributed by atoms with Crippen LogP contribution in [0.25, 0.3) is 5.69 Å². The lowest BCUT2D eigenvalue weighted by atomic mass is 10.3. The summed E-state index contributed by atoms with van der Waals surface area (Å²) in [5.74, 6) is 0. The van der Waals surface area contributed by atoms with Crippen LogP contribution in [0.2, 0.25) is 0 Å². The molecular formula is C12H14N2. The van der Waals surface area contributed by atoms with E-state index in [1.807, 2.05) is 18.2 Å². The first-order valence-corrected chi connectivity index (χ1v) is 4.83. The van der Waals surface area contributed by atoms with E-state index < -0.39 is 0 Å². The van der Waals surface area contributed by atoms with Gasteiger partial charge >= 0.3 is 0 Å². The Morgan fingerprint density at radius 2 is 1.79 bits per heavy atom. The largest absolute Gasteiger partial charge is 0.330 e. The molecule has 0 fully saturated rings. The topological polar surface area (TPSA) is 30.9 Å². The summed E-state index contributed by atoms with van der Waals surface area (Å²) in [5.41, 5.74) is 8.01. The summed E-state index contributed by atoms with van der Waals surface area (Å²) in [6.45, 7) is 0.691. The van der Waals surface area contributed by atoms with Gasteiger partial charge in [-0.2, -0.15) is 0 Å². The highest BCUT2D eigenvalue weighted by atomic mass is 15.0. The summed E-state index contributed by atoms with van der Waals surface area (Å²) in [7, 11) is 0. The van der Waals surface area contributed by atoms with Crippen LogP contribution in [-0.2, 0) is 6.42 Å². The van der Waals surface area contributed by atoms with E-state index in [1.54, 1.807) is 0 Å². The van der Waals surface area contributed by atoms with Crippen LogP contribution in [-0.4, -0.2) is 11.1 Å². The lowest BCUT2D eigenvalue weighted by Gasteiger charge is -2.07. The van der Waals surface area contributed by atoms with Gasteiger partial charge in [0.05, 0.1) is 0 Å². The molecule has 0 unspecified atom stereocenters. The Hall–Kier alpha value is -1.54. The Balaban J connectivity index is 2.37. The molecule has 0 radical (unpaired) electrons. The van der Waals surface area contributed by atoms with Gasteiger partial charge < -0.3 is 10.3 Å². The van der Waals surface area contributed by atoms with E-state index in [0.717, 1.165) is 6.42 Å². The predicted octanol–water partition coefficient (Wildman–Crippen LogP) is 1.98. The molecule has 0 amide bonds. The first-order valence-electron chi connectivity index (χ1n) is 4.83. The highest BCUT2D eigenvalue weighted by molar-refractivity contribution is 5.34. The van der Waals surface area contributed by atoms with Crippen molar-refractivity contribution in [2.75, 3.05) is 6.54 Å². The summed E-state index contributed by atoms with van der Waals surface area (Å²) >= 11 is 0. The molecule has 0 atom stereocenters. The number of hydrogen-bond acceptors (Lipinski definition) is 1. The van der Waals surface area contributed by atoms with Gasteiger partial charge in [0, 0.05) is 24.0 Å². The zero-order chi connectivity index (χ0) is 9.80. The second-order valence-corrected chi connectivity index (χ2v) is 3.24. The van der Waals surface area contributed by atoms with E-state index in [9.17, 15) is 0 Å². The lowest BCUT2D eigenvalue weighted by molar-refractivity contribution is 0.874. The number of nitrogens with zero attached hydrogens (tertiary/aromatic N) is 1. The fourth-order valence-corrected chi connectivity index (χ4v) is 1.61.